The Morgan fingerprint density at radius 3 is 2.09 bits per heavy atom. The number of phenols is 1. The van der Waals surface area contributed by atoms with Crippen LogP contribution in [0.4, 0.5) is 0 Å². The Morgan fingerprint density at radius 2 is 1.59 bits per heavy atom. The maximum atomic E-state index is 11.4. The van der Waals surface area contributed by atoms with Crippen LogP contribution in [0.2, 0.25) is 5.04 Å². The molecular formula is C37H47IO5Si. The molecule has 3 N–H and O–H groups in total. The average molecular weight is 727 g/mol. The molecule has 236 valence electrons. The van der Waals surface area contributed by atoms with Crippen LogP contribution in [0.1, 0.15) is 58.9 Å². The number of benzene rings is 3. The van der Waals surface area contributed by atoms with Gasteiger partial charge in [0.1, 0.15) is 0 Å². The van der Waals surface area contributed by atoms with Crippen molar-refractivity contribution in [2.75, 3.05) is 20.3 Å². The Hall–Kier alpha value is -2.69. The fourth-order valence-electron chi connectivity index (χ4n) is 5.79. The molecule has 44 heavy (non-hydrogen) atoms. The van der Waals surface area contributed by atoms with Gasteiger partial charge in [0.15, 0.2) is 11.5 Å². The molecule has 0 saturated heterocycles. The first-order valence-electron chi connectivity index (χ1n) is 15.2. The molecule has 5 nitrogen and oxygen atoms in total. The van der Waals surface area contributed by atoms with Crippen LogP contribution in [0.15, 0.2) is 102 Å². The van der Waals surface area contributed by atoms with Crippen LogP contribution in [-0.4, -0.2) is 50.1 Å². The third kappa shape index (κ3) is 8.73. The third-order valence-corrected chi connectivity index (χ3v) is 13.7. The van der Waals surface area contributed by atoms with E-state index in [1.807, 2.05) is 24.3 Å². The zero-order valence-corrected chi connectivity index (χ0v) is 29.8. The highest BCUT2D eigenvalue weighted by atomic mass is 127. The lowest BCUT2D eigenvalue weighted by Gasteiger charge is -2.43. The number of phenolic OH excluding ortho intramolecular Hbond substituents is 1. The Morgan fingerprint density at radius 1 is 1.00 bits per heavy atom. The molecule has 0 aliphatic rings. The predicted octanol–water partition coefficient (Wildman–Crippen LogP) is 7.38. The van der Waals surface area contributed by atoms with Crippen molar-refractivity contribution < 1.29 is 24.5 Å². The molecule has 0 aliphatic carbocycles. The van der Waals surface area contributed by atoms with Gasteiger partial charge in [-0.05, 0) is 86.1 Å². The summed E-state index contributed by atoms with van der Waals surface area (Å²) in [6.07, 6.45) is 5.93. The third-order valence-electron chi connectivity index (χ3n) is 7.91. The molecule has 0 radical (unpaired) electrons. The summed E-state index contributed by atoms with van der Waals surface area (Å²) in [5.74, 6) is 0.569. The number of halogens is 1. The van der Waals surface area contributed by atoms with Crippen molar-refractivity contribution in [2.24, 2.45) is 0 Å². The fraction of sp³-hybridized carbons (Fsp3) is 0.351. The van der Waals surface area contributed by atoms with E-state index in [1.165, 1.54) is 15.9 Å². The molecule has 0 fully saturated rings. The standard InChI is InChI=1S/C37H47IO5Si/c1-7-14-28(23-29-24-33(38)36(41)35(25-29)42-6)19-20-34(40)32(21-22-39)27(2)26-43-44(37(3,4)5,30-15-10-8-11-16-30)31-17-12-9-13-18-31/h8-13,15-18,21,23-25,34,39-41H,2,7,14,19-20,22,26H2,1,3-6H3/b28-23+,32-21-. The van der Waals surface area contributed by atoms with Crippen molar-refractivity contribution in [3.05, 3.63) is 111 Å². The van der Waals surface area contributed by atoms with E-state index in [9.17, 15) is 15.3 Å². The summed E-state index contributed by atoms with van der Waals surface area (Å²) in [6.45, 7) is 13.2. The summed E-state index contributed by atoms with van der Waals surface area (Å²) in [5.41, 5.74) is 3.41. The first-order chi connectivity index (χ1) is 21.0. The topological polar surface area (TPSA) is 79.2 Å². The molecule has 0 amide bonds. The van der Waals surface area contributed by atoms with E-state index in [1.54, 1.807) is 13.2 Å². The van der Waals surface area contributed by atoms with Crippen LogP contribution in [0.3, 0.4) is 0 Å². The maximum absolute atomic E-state index is 11.4. The van der Waals surface area contributed by atoms with Crippen molar-refractivity contribution in [3.63, 3.8) is 0 Å². The van der Waals surface area contributed by atoms with Gasteiger partial charge in [0.25, 0.3) is 8.32 Å². The van der Waals surface area contributed by atoms with E-state index in [2.05, 4.69) is 111 Å². The van der Waals surface area contributed by atoms with E-state index in [-0.39, 0.29) is 24.0 Å². The van der Waals surface area contributed by atoms with E-state index < -0.39 is 14.4 Å². The summed E-state index contributed by atoms with van der Waals surface area (Å²) < 4.78 is 13.1. The molecule has 0 aromatic heterocycles. The van der Waals surface area contributed by atoms with Crippen molar-refractivity contribution in [1.82, 2.24) is 0 Å². The predicted molar refractivity (Wildman–Crippen MR) is 193 cm³/mol. The second kappa shape index (κ2) is 16.6. The highest BCUT2D eigenvalue weighted by Crippen LogP contribution is 2.38. The minimum atomic E-state index is -2.79. The minimum absolute atomic E-state index is 0.135. The molecule has 0 saturated carbocycles. The Kier molecular flexibility index (Phi) is 13.5. The zero-order valence-electron chi connectivity index (χ0n) is 26.6. The van der Waals surface area contributed by atoms with Gasteiger partial charge in [-0.3, -0.25) is 0 Å². The van der Waals surface area contributed by atoms with Gasteiger partial charge >= 0.3 is 0 Å². The van der Waals surface area contributed by atoms with Crippen LogP contribution >= 0.6 is 22.6 Å². The first kappa shape index (κ1) is 35.8. The molecule has 3 aromatic rings. The van der Waals surface area contributed by atoms with E-state index in [0.29, 0.717) is 29.7 Å². The van der Waals surface area contributed by atoms with Crippen LogP contribution in [-0.2, 0) is 4.43 Å². The smallest absolute Gasteiger partial charge is 0.261 e. The summed E-state index contributed by atoms with van der Waals surface area (Å²) in [6, 6.07) is 24.6. The van der Waals surface area contributed by atoms with Crippen LogP contribution in [0, 0.1) is 3.57 Å². The number of hydrogen-bond acceptors (Lipinski definition) is 5. The monoisotopic (exact) mass is 726 g/mol. The lowest BCUT2D eigenvalue weighted by molar-refractivity contribution is 0.197. The van der Waals surface area contributed by atoms with Gasteiger partial charge in [-0.25, -0.2) is 0 Å². The van der Waals surface area contributed by atoms with E-state index in [0.717, 1.165) is 22.0 Å². The zero-order chi connectivity index (χ0) is 32.3. The molecule has 0 bridgehead atoms. The molecule has 3 rings (SSSR count). The van der Waals surface area contributed by atoms with Gasteiger partial charge < -0.3 is 24.5 Å². The second-order valence-electron chi connectivity index (χ2n) is 12.1. The highest BCUT2D eigenvalue weighted by molar-refractivity contribution is 14.1. The molecule has 7 heteroatoms. The van der Waals surface area contributed by atoms with Crippen molar-refractivity contribution in [1.29, 1.82) is 0 Å². The number of hydrogen-bond donors (Lipinski definition) is 3. The summed E-state index contributed by atoms with van der Waals surface area (Å²) in [7, 11) is -1.25. The van der Waals surface area contributed by atoms with Crippen LogP contribution < -0.4 is 15.1 Å². The minimum Gasteiger partial charge on any atom is -0.504 e. The number of aliphatic hydroxyl groups is 2. The first-order valence-corrected chi connectivity index (χ1v) is 18.1. The van der Waals surface area contributed by atoms with Crippen molar-refractivity contribution in [2.45, 2.75) is 64.5 Å². The number of allylic oxidation sites excluding steroid dienone is 1. The molecule has 0 spiro atoms. The lowest BCUT2D eigenvalue weighted by atomic mass is 9.94. The van der Waals surface area contributed by atoms with Gasteiger partial charge in [-0.15, -0.1) is 0 Å². The normalized spacial score (nSPS) is 13.5. The average Bonchev–Trinajstić information content (AvgIpc) is 3.00. The van der Waals surface area contributed by atoms with Crippen molar-refractivity contribution in [3.8, 4) is 11.5 Å². The SMILES string of the molecule is C=C(CO[Si](c1ccccc1)(c1ccccc1)C(C)(C)C)/C(=C/CO)C(O)CC/C(=C/c1cc(I)c(O)c(OC)c1)CCC. The molecule has 0 aliphatic heterocycles. The van der Waals surface area contributed by atoms with Gasteiger partial charge in [0.05, 0.1) is 30.0 Å². The fourth-order valence-corrected chi connectivity index (χ4v) is 11.0. The van der Waals surface area contributed by atoms with Gasteiger partial charge in [0.2, 0.25) is 0 Å². The number of rotatable bonds is 15. The number of aliphatic hydroxyl groups excluding tert-OH is 2. The Bertz CT molecular complexity index is 1390. The largest absolute Gasteiger partial charge is 0.504 e. The summed E-state index contributed by atoms with van der Waals surface area (Å²) >= 11 is 2.10. The molecule has 3 aromatic carbocycles. The van der Waals surface area contributed by atoms with Crippen molar-refractivity contribution >= 4 is 47.4 Å². The second-order valence-corrected chi connectivity index (χ2v) is 17.5. The Balaban J connectivity index is 1.85. The highest BCUT2D eigenvalue weighted by Gasteiger charge is 2.50. The van der Waals surface area contributed by atoms with E-state index >= 15 is 0 Å². The lowest BCUT2D eigenvalue weighted by Crippen LogP contribution is -2.66. The van der Waals surface area contributed by atoms with Gasteiger partial charge in [-0.2, -0.15) is 0 Å². The quantitative estimate of drug-likeness (QED) is 0.0866. The van der Waals surface area contributed by atoms with Gasteiger partial charge in [0, 0.05) is 0 Å². The number of methoxy groups -OCH3 is 1. The molecule has 1 atom stereocenters. The number of ether oxygens (including phenoxy) is 1. The summed E-state index contributed by atoms with van der Waals surface area (Å²) in [5, 5.41) is 33.7. The van der Waals surface area contributed by atoms with Gasteiger partial charge in [-0.1, -0.05) is 119 Å². The molecule has 1 unspecified atom stereocenters. The number of aromatic hydroxyl groups is 1. The van der Waals surface area contributed by atoms with E-state index in [4.69, 9.17) is 9.16 Å². The maximum Gasteiger partial charge on any atom is 0.261 e. The van der Waals surface area contributed by atoms with Crippen LogP contribution in [0.5, 0.6) is 11.5 Å². The van der Waals surface area contributed by atoms with Crippen LogP contribution in [0.25, 0.3) is 6.08 Å². The molecular weight excluding hydrogens is 679 g/mol. The molecule has 0 heterocycles. The summed E-state index contributed by atoms with van der Waals surface area (Å²) in [4.78, 5) is 0. The Labute approximate surface area is 278 Å².